The lowest BCUT2D eigenvalue weighted by atomic mass is 9.97. The number of rotatable bonds is 5. The molecule has 116 valence electrons. The van der Waals surface area contributed by atoms with Gasteiger partial charge in [0.15, 0.2) is 0 Å². The number of aromatic nitrogens is 1. The first kappa shape index (κ1) is 15.7. The number of pyridine rings is 1. The molecule has 0 aromatic carbocycles. The largest absolute Gasteiger partial charge is 0.348 e. The van der Waals surface area contributed by atoms with Crippen LogP contribution in [0.4, 0.5) is 11.5 Å². The smallest absolute Gasteiger partial charge is 0.311 e. The molecule has 1 aromatic rings. The van der Waals surface area contributed by atoms with Gasteiger partial charge in [-0.15, -0.1) is 0 Å². The molecule has 0 spiro atoms. The van der Waals surface area contributed by atoms with Crippen molar-refractivity contribution in [1.82, 2.24) is 10.3 Å². The number of anilines is 1. The normalized spacial score (nSPS) is 16.2. The molecular formula is C15H24N4O2. The average molecular weight is 292 g/mol. The van der Waals surface area contributed by atoms with Crippen LogP contribution in [0.3, 0.4) is 0 Å². The molecule has 0 aliphatic carbocycles. The Hall–Kier alpha value is -1.69. The molecule has 0 bridgehead atoms. The van der Waals surface area contributed by atoms with E-state index < -0.39 is 0 Å². The van der Waals surface area contributed by atoms with Gasteiger partial charge in [-0.05, 0) is 58.2 Å². The number of aryl methyl sites for hydroxylation is 1. The van der Waals surface area contributed by atoms with E-state index in [1.165, 1.54) is 0 Å². The number of hydrogen-bond donors (Lipinski definition) is 1. The van der Waals surface area contributed by atoms with Crippen LogP contribution < -0.4 is 10.2 Å². The first-order valence-corrected chi connectivity index (χ1v) is 7.57. The van der Waals surface area contributed by atoms with Crippen LogP contribution in [-0.4, -0.2) is 35.6 Å². The second-order valence-electron chi connectivity index (χ2n) is 6.05. The molecule has 0 atom stereocenters. The third kappa shape index (κ3) is 3.91. The van der Waals surface area contributed by atoms with Crippen LogP contribution in [0.25, 0.3) is 0 Å². The summed E-state index contributed by atoms with van der Waals surface area (Å²) in [5.41, 5.74) is 0.925. The van der Waals surface area contributed by atoms with Crippen molar-refractivity contribution in [3.8, 4) is 0 Å². The maximum Gasteiger partial charge on any atom is 0.311 e. The summed E-state index contributed by atoms with van der Waals surface area (Å²) in [6.45, 7) is 8.84. The molecule has 1 N–H and O–H groups in total. The van der Waals surface area contributed by atoms with Gasteiger partial charge in [0, 0.05) is 24.8 Å². The van der Waals surface area contributed by atoms with E-state index in [1.54, 1.807) is 12.3 Å². The molecule has 0 amide bonds. The Bertz CT molecular complexity index is 498. The molecule has 6 nitrogen and oxygen atoms in total. The molecule has 2 rings (SSSR count). The third-order valence-corrected chi connectivity index (χ3v) is 3.99. The lowest BCUT2D eigenvalue weighted by Crippen LogP contribution is -2.40. The van der Waals surface area contributed by atoms with Gasteiger partial charge in [-0.3, -0.25) is 10.1 Å². The van der Waals surface area contributed by atoms with E-state index in [-0.39, 0.29) is 16.7 Å². The Morgan fingerprint density at radius 3 is 2.71 bits per heavy atom. The van der Waals surface area contributed by atoms with Gasteiger partial charge in [0.1, 0.15) is 0 Å². The minimum Gasteiger partial charge on any atom is -0.348 e. The zero-order valence-electron chi connectivity index (χ0n) is 13.0. The molecule has 0 saturated carbocycles. The van der Waals surface area contributed by atoms with Crippen LogP contribution in [0.15, 0.2) is 12.3 Å². The highest BCUT2D eigenvalue weighted by Gasteiger charge is 2.26. The molecule has 1 aliphatic heterocycles. The van der Waals surface area contributed by atoms with E-state index >= 15 is 0 Å². The fourth-order valence-corrected chi connectivity index (χ4v) is 2.79. The summed E-state index contributed by atoms with van der Waals surface area (Å²) in [4.78, 5) is 17.4. The van der Waals surface area contributed by atoms with Crippen molar-refractivity contribution in [3.05, 3.63) is 27.9 Å². The molecule has 1 saturated heterocycles. The lowest BCUT2D eigenvalue weighted by Gasteiger charge is -2.33. The molecular weight excluding hydrogens is 268 g/mol. The maximum atomic E-state index is 11.3. The molecule has 0 unspecified atom stereocenters. The summed E-state index contributed by atoms with van der Waals surface area (Å²) in [6.07, 6.45) is 3.94. The van der Waals surface area contributed by atoms with Crippen LogP contribution in [0.2, 0.25) is 0 Å². The van der Waals surface area contributed by atoms with E-state index in [0.717, 1.165) is 38.0 Å². The predicted octanol–water partition coefficient (Wildman–Crippen LogP) is 2.51. The monoisotopic (exact) mass is 292 g/mol. The van der Waals surface area contributed by atoms with Gasteiger partial charge in [0.25, 0.3) is 0 Å². The second-order valence-corrected chi connectivity index (χ2v) is 6.05. The number of nitrogens with one attached hydrogen (secondary N) is 1. The summed E-state index contributed by atoms with van der Waals surface area (Å²) >= 11 is 0. The predicted molar refractivity (Wildman–Crippen MR) is 83.7 cm³/mol. The van der Waals surface area contributed by atoms with E-state index in [2.05, 4.69) is 29.0 Å². The highest BCUT2D eigenvalue weighted by Crippen LogP contribution is 2.29. The number of nitrogens with zero attached hydrogens (tertiary/aromatic N) is 3. The Morgan fingerprint density at radius 1 is 1.48 bits per heavy atom. The van der Waals surface area contributed by atoms with Gasteiger partial charge in [-0.2, -0.15) is 0 Å². The molecule has 1 aromatic heterocycles. The van der Waals surface area contributed by atoms with Gasteiger partial charge in [0.05, 0.1) is 4.92 Å². The Labute approximate surface area is 125 Å². The zero-order valence-corrected chi connectivity index (χ0v) is 13.0. The summed E-state index contributed by atoms with van der Waals surface area (Å²) in [5, 5.41) is 14.7. The van der Waals surface area contributed by atoms with Gasteiger partial charge in [-0.1, -0.05) is 0 Å². The molecule has 0 radical (unpaired) electrons. The van der Waals surface area contributed by atoms with E-state index in [4.69, 9.17) is 0 Å². The van der Waals surface area contributed by atoms with Crippen molar-refractivity contribution < 1.29 is 4.92 Å². The van der Waals surface area contributed by atoms with Crippen LogP contribution in [-0.2, 0) is 0 Å². The molecule has 21 heavy (non-hydrogen) atoms. The Kier molecular flexibility index (Phi) is 5.12. The molecule has 1 aliphatic rings. The molecule has 6 heteroatoms. The summed E-state index contributed by atoms with van der Waals surface area (Å²) in [5.74, 6) is 1.07. The molecule has 2 heterocycles. The van der Waals surface area contributed by atoms with Crippen molar-refractivity contribution in [2.24, 2.45) is 5.92 Å². The quantitative estimate of drug-likeness (QED) is 0.667. The van der Waals surface area contributed by atoms with Crippen LogP contribution in [0.1, 0.15) is 32.3 Å². The number of hydrogen-bond acceptors (Lipinski definition) is 5. The van der Waals surface area contributed by atoms with Gasteiger partial charge >= 0.3 is 5.69 Å². The highest BCUT2D eigenvalue weighted by atomic mass is 16.6. The van der Waals surface area contributed by atoms with Crippen molar-refractivity contribution in [2.45, 2.75) is 39.7 Å². The number of piperidine rings is 1. The average Bonchev–Trinajstić information content (AvgIpc) is 2.46. The minimum absolute atomic E-state index is 0.109. The van der Waals surface area contributed by atoms with Crippen LogP contribution in [0, 0.1) is 23.0 Å². The summed E-state index contributed by atoms with van der Waals surface area (Å²) < 4.78 is 0. The van der Waals surface area contributed by atoms with E-state index in [1.807, 2.05) is 6.92 Å². The van der Waals surface area contributed by atoms with Gasteiger partial charge in [-0.25, -0.2) is 4.98 Å². The molecule has 1 fully saturated rings. The second kappa shape index (κ2) is 6.85. The van der Waals surface area contributed by atoms with Crippen LogP contribution in [0.5, 0.6) is 0 Å². The van der Waals surface area contributed by atoms with Crippen molar-refractivity contribution in [1.29, 1.82) is 0 Å². The SMILES string of the molecule is Cc1cnc(N(CC2CCNCC2)C(C)C)c([N+](=O)[O-])c1. The fraction of sp³-hybridized carbons (Fsp3) is 0.667. The Balaban J connectivity index is 2.27. The van der Waals surface area contributed by atoms with E-state index in [0.29, 0.717) is 11.7 Å². The fourth-order valence-electron chi connectivity index (χ4n) is 2.79. The van der Waals surface area contributed by atoms with Crippen molar-refractivity contribution in [2.75, 3.05) is 24.5 Å². The first-order chi connectivity index (χ1) is 9.99. The lowest BCUT2D eigenvalue weighted by molar-refractivity contribution is -0.384. The zero-order chi connectivity index (χ0) is 15.4. The highest BCUT2D eigenvalue weighted by molar-refractivity contribution is 5.59. The standard InChI is InChI=1S/C15H24N4O2/c1-11(2)18(10-13-4-6-16-7-5-13)15-14(19(20)21)8-12(3)9-17-15/h8-9,11,13,16H,4-7,10H2,1-3H3. The van der Waals surface area contributed by atoms with E-state index in [9.17, 15) is 10.1 Å². The Morgan fingerprint density at radius 2 is 2.14 bits per heavy atom. The minimum atomic E-state index is -0.326. The topological polar surface area (TPSA) is 71.3 Å². The van der Waals surface area contributed by atoms with Gasteiger partial charge < -0.3 is 10.2 Å². The maximum absolute atomic E-state index is 11.3. The summed E-state index contributed by atoms with van der Waals surface area (Å²) in [6, 6.07) is 1.80. The van der Waals surface area contributed by atoms with Crippen molar-refractivity contribution >= 4 is 11.5 Å². The first-order valence-electron chi connectivity index (χ1n) is 7.57. The van der Waals surface area contributed by atoms with Gasteiger partial charge in [0.2, 0.25) is 5.82 Å². The third-order valence-electron chi connectivity index (χ3n) is 3.99. The van der Waals surface area contributed by atoms with Crippen molar-refractivity contribution in [3.63, 3.8) is 0 Å². The number of nitro groups is 1. The summed E-state index contributed by atoms with van der Waals surface area (Å²) in [7, 11) is 0. The van der Waals surface area contributed by atoms with Crippen LogP contribution >= 0.6 is 0 Å².